The lowest BCUT2D eigenvalue weighted by Crippen LogP contribution is -2.34. The van der Waals surface area contributed by atoms with Crippen molar-refractivity contribution in [2.45, 2.75) is 44.2 Å². The molecule has 1 aromatic rings. The van der Waals surface area contributed by atoms with Crippen LogP contribution in [-0.2, 0) is 11.2 Å². The van der Waals surface area contributed by atoms with Crippen LogP contribution in [0.25, 0.3) is 0 Å². The number of likely N-dealkylation sites (N-methyl/N-ethyl adjacent to an activating group) is 1. The topological polar surface area (TPSA) is 21.3 Å². The molecule has 4 heteroatoms. The number of nitrogens with one attached hydrogen (secondary N) is 1. The van der Waals surface area contributed by atoms with E-state index in [1.54, 1.807) is 0 Å². The van der Waals surface area contributed by atoms with E-state index in [0.717, 1.165) is 31.9 Å². The maximum atomic E-state index is 13.6. The van der Waals surface area contributed by atoms with Gasteiger partial charge in [0.1, 0.15) is 11.6 Å². The Morgan fingerprint density at radius 1 is 1.37 bits per heavy atom. The predicted octanol–water partition coefficient (Wildman–Crippen LogP) is 3.05. The van der Waals surface area contributed by atoms with Gasteiger partial charge in [0.2, 0.25) is 0 Å². The van der Waals surface area contributed by atoms with E-state index in [1.165, 1.54) is 18.6 Å². The minimum atomic E-state index is -0.389. The lowest BCUT2D eigenvalue weighted by atomic mass is 9.96. The van der Waals surface area contributed by atoms with Crippen LogP contribution < -0.4 is 5.32 Å². The van der Waals surface area contributed by atoms with Crippen molar-refractivity contribution >= 4 is 0 Å². The number of rotatable bonds is 5. The number of ether oxygens (including phenoxy) is 1. The van der Waals surface area contributed by atoms with Gasteiger partial charge >= 0.3 is 0 Å². The van der Waals surface area contributed by atoms with Crippen LogP contribution in [0.5, 0.6) is 0 Å². The molecule has 2 rings (SSSR count). The Balaban J connectivity index is 1.95. The summed E-state index contributed by atoms with van der Waals surface area (Å²) in [4.78, 5) is 0. The SMILES string of the molecule is CNC(Cc1cc(F)ccc1F)CC1CCCCO1. The van der Waals surface area contributed by atoms with Crippen molar-refractivity contribution in [2.75, 3.05) is 13.7 Å². The fourth-order valence-corrected chi connectivity index (χ4v) is 2.58. The molecular weight excluding hydrogens is 248 g/mol. The quantitative estimate of drug-likeness (QED) is 0.887. The Morgan fingerprint density at radius 2 is 2.21 bits per heavy atom. The highest BCUT2D eigenvalue weighted by molar-refractivity contribution is 5.19. The monoisotopic (exact) mass is 269 g/mol. The number of hydrogen-bond donors (Lipinski definition) is 1. The van der Waals surface area contributed by atoms with Crippen LogP contribution in [0.1, 0.15) is 31.2 Å². The molecular formula is C15H21F2NO. The van der Waals surface area contributed by atoms with Gasteiger partial charge < -0.3 is 10.1 Å². The summed E-state index contributed by atoms with van der Waals surface area (Å²) in [5.74, 6) is -0.730. The summed E-state index contributed by atoms with van der Waals surface area (Å²) in [7, 11) is 1.85. The van der Waals surface area contributed by atoms with E-state index in [2.05, 4.69) is 5.32 Å². The molecule has 0 radical (unpaired) electrons. The summed E-state index contributed by atoms with van der Waals surface area (Å²) >= 11 is 0. The van der Waals surface area contributed by atoms with E-state index in [4.69, 9.17) is 4.74 Å². The average molecular weight is 269 g/mol. The Kier molecular flexibility index (Phi) is 5.28. The summed E-state index contributed by atoms with van der Waals surface area (Å²) < 4.78 is 32.5. The number of hydrogen-bond acceptors (Lipinski definition) is 2. The molecule has 1 aromatic carbocycles. The zero-order chi connectivity index (χ0) is 13.7. The van der Waals surface area contributed by atoms with Crippen LogP contribution in [0.15, 0.2) is 18.2 Å². The highest BCUT2D eigenvalue weighted by Crippen LogP contribution is 2.20. The van der Waals surface area contributed by atoms with Gasteiger partial charge in [-0.3, -0.25) is 0 Å². The molecule has 0 aliphatic carbocycles. The fraction of sp³-hybridized carbons (Fsp3) is 0.600. The van der Waals surface area contributed by atoms with Crippen molar-refractivity contribution in [1.29, 1.82) is 0 Å². The fourth-order valence-electron chi connectivity index (χ4n) is 2.58. The van der Waals surface area contributed by atoms with Gasteiger partial charge in [0.05, 0.1) is 6.10 Å². The lowest BCUT2D eigenvalue weighted by molar-refractivity contribution is 0.00564. The van der Waals surface area contributed by atoms with Crippen molar-refractivity contribution in [1.82, 2.24) is 5.32 Å². The zero-order valence-corrected chi connectivity index (χ0v) is 11.3. The third kappa shape index (κ3) is 4.25. The normalized spacial score (nSPS) is 21.3. The summed E-state index contributed by atoms with van der Waals surface area (Å²) in [5, 5.41) is 3.18. The first-order chi connectivity index (χ1) is 9.19. The first-order valence-corrected chi connectivity index (χ1v) is 6.92. The maximum Gasteiger partial charge on any atom is 0.126 e. The van der Waals surface area contributed by atoms with Gasteiger partial charge in [-0.1, -0.05) is 0 Å². The molecule has 1 aliphatic rings. The van der Waals surface area contributed by atoms with Crippen LogP contribution in [0.3, 0.4) is 0 Å². The zero-order valence-electron chi connectivity index (χ0n) is 11.3. The second kappa shape index (κ2) is 6.96. The first kappa shape index (κ1) is 14.4. The minimum Gasteiger partial charge on any atom is -0.378 e. The Bertz CT molecular complexity index is 405. The Hall–Kier alpha value is -1.00. The predicted molar refractivity (Wildman–Crippen MR) is 71.1 cm³/mol. The van der Waals surface area contributed by atoms with E-state index >= 15 is 0 Å². The van der Waals surface area contributed by atoms with Gasteiger partial charge in [0.25, 0.3) is 0 Å². The second-order valence-electron chi connectivity index (χ2n) is 5.15. The van der Waals surface area contributed by atoms with Gasteiger partial charge in [-0.25, -0.2) is 8.78 Å². The summed E-state index contributed by atoms with van der Waals surface area (Å²) in [6.45, 7) is 0.815. The smallest absolute Gasteiger partial charge is 0.126 e. The summed E-state index contributed by atoms with van der Waals surface area (Å²) in [5.41, 5.74) is 0.426. The van der Waals surface area contributed by atoms with Crippen LogP contribution in [0, 0.1) is 11.6 Å². The molecule has 1 fully saturated rings. The van der Waals surface area contributed by atoms with Gasteiger partial charge in [0.15, 0.2) is 0 Å². The van der Waals surface area contributed by atoms with E-state index in [9.17, 15) is 8.78 Å². The molecule has 106 valence electrons. The van der Waals surface area contributed by atoms with Crippen molar-refractivity contribution < 1.29 is 13.5 Å². The van der Waals surface area contributed by atoms with Crippen molar-refractivity contribution in [3.63, 3.8) is 0 Å². The van der Waals surface area contributed by atoms with Crippen molar-refractivity contribution in [3.8, 4) is 0 Å². The van der Waals surface area contributed by atoms with Crippen LogP contribution in [0.4, 0.5) is 8.78 Å². The molecule has 19 heavy (non-hydrogen) atoms. The van der Waals surface area contributed by atoms with Crippen LogP contribution >= 0.6 is 0 Å². The summed E-state index contributed by atoms with van der Waals surface area (Å²) in [6.07, 6.45) is 4.94. The highest BCUT2D eigenvalue weighted by Gasteiger charge is 2.20. The standard InChI is InChI=1S/C15H21F2NO/c1-18-13(10-14-4-2-3-7-19-14)9-11-8-12(16)5-6-15(11)17/h5-6,8,13-14,18H,2-4,7,9-10H2,1H3. The molecule has 0 saturated carbocycles. The third-order valence-corrected chi connectivity index (χ3v) is 3.70. The van der Waals surface area contributed by atoms with E-state index in [-0.39, 0.29) is 23.8 Å². The van der Waals surface area contributed by atoms with Gasteiger partial charge in [-0.05, 0) is 62.9 Å². The number of benzene rings is 1. The molecule has 0 spiro atoms. The van der Waals surface area contributed by atoms with Gasteiger partial charge in [0, 0.05) is 12.6 Å². The van der Waals surface area contributed by atoms with Crippen LogP contribution in [0.2, 0.25) is 0 Å². The molecule has 1 saturated heterocycles. The molecule has 0 aromatic heterocycles. The lowest BCUT2D eigenvalue weighted by Gasteiger charge is -2.27. The average Bonchev–Trinajstić information content (AvgIpc) is 2.43. The molecule has 2 unspecified atom stereocenters. The second-order valence-corrected chi connectivity index (χ2v) is 5.15. The first-order valence-electron chi connectivity index (χ1n) is 6.92. The number of halogens is 2. The molecule has 2 atom stereocenters. The van der Waals surface area contributed by atoms with E-state index in [1.807, 2.05) is 7.05 Å². The largest absolute Gasteiger partial charge is 0.378 e. The molecule has 1 heterocycles. The van der Waals surface area contributed by atoms with Gasteiger partial charge in [-0.15, -0.1) is 0 Å². The maximum absolute atomic E-state index is 13.6. The Labute approximate surface area is 113 Å². The van der Waals surface area contributed by atoms with E-state index < -0.39 is 0 Å². The molecule has 2 nitrogen and oxygen atoms in total. The minimum absolute atomic E-state index is 0.111. The molecule has 1 N–H and O–H groups in total. The van der Waals surface area contributed by atoms with Crippen molar-refractivity contribution in [3.05, 3.63) is 35.4 Å². The van der Waals surface area contributed by atoms with E-state index in [0.29, 0.717) is 12.0 Å². The molecule has 1 aliphatic heterocycles. The molecule has 0 bridgehead atoms. The summed E-state index contributed by atoms with van der Waals surface area (Å²) in [6, 6.07) is 3.73. The van der Waals surface area contributed by atoms with Gasteiger partial charge in [-0.2, -0.15) is 0 Å². The molecule has 0 amide bonds. The van der Waals surface area contributed by atoms with Crippen LogP contribution in [-0.4, -0.2) is 25.8 Å². The van der Waals surface area contributed by atoms with Crippen molar-refractivity contribution in [2.24, 2.45) is 0 Å². The highest BCUT2D eigenvalue weighted by atomic mass is 19.1. The third-order valence-electron chi connectivity index (χ3n) is 3.70. The Morgan fingerprint density at radius 3 is 2.89 bits per heavy atom.